The maximum absolute atomic E-state index is 11.6. The molecule has 0 spiro atoms. The molecule has 3 N–H and O–H groups in total. The summed E-state index contributed by atoms with van der Waals surface area (Å²) in [4.78, 5) is 11.6. The molecule has 6 nitrogen and oxygen atoms in total. The lowest BCUT2D eigenvalue weighted by atomic mass is 10.1. The van der Waals surface area contributed by atoms with Crippen LogP contribution in [0.3, 0.4) is 0 Å². The topological polar surface area (TPSA) is 78.9 Å². The van der Waals surface area contributed by atoms with E-state index in [0.717, 1.165) is 5.69 Å². The number of carbonyl (C=O) groups excluding carboxylic acids is 1. The van der Waals surface area contributed by atoms with E-state index >= 15 is 0 Å². The third kappa shape index (κ3) is 4.18. The average molecular weight is 299 g/mol. The summed E-state index contributed by atoms with van der Waals surface area (Å²) in [5.41, 5.74) is 3.37. The summed E-state index contributed by atoms with van der Waals surface area (Å²) in [6.45, 7) is 7.90. The number of anilines is 3. The van der Waals surface area contributed by atoms with Crippen LogP contribution in [0.1, 0.15) is 25.0 Å². The van der Waals surface area contributed by atoms with Crippen LogP contribution in [0.4, 0.5) is 22.1 Å². The SMILES string of the molecule is Cc1cccc(Nc2ccc(NC(=O)NC(C)C)nn2)c1C. The number of aromatic nitrogens is 2. The molecule has 1 aromatic carbocycles. The van der Waals surface area contributed by atoms with Crippen molar-refractivity contribution in [2.75, 3.05) is 10.6 Å². The Labute approximate surface area is 130 Å². The van der Waals surface area contributed by atoms with Crippen LogP contribution in [0, 0.1) is 13.8 Å². The number of rotatable bonds is 4. The summed E-state index contributed by atoms with van der Waals surface area (Å²) in [5.74, 6) is 1.04. The van der Waals surface area contributed by atoms with Gasteiger partial charge in [0.2, 0.25) is 0 Å². The summed E-state index contributed by atoms with van der Waals surface area (Å²) in [7, 11) is 0. The third-order valence-corrected chi connectivity index (χ3v) is 3.19. The van der Waals surface area contributed by atoms with Gasteiger partial charge in [-0.05, 0) is 57.0 Å². The number of urea groups is 1. The van der Waals surface area contributed by atoms with Crippen molar-refractivity contribution in [1.29, 1.82) is 0 Å². The fourth-order valence-electron chi connectivity index (χ4n) is 1.90. The zero-order chi connectivity index (χ0) is 16.1. The molecule has 0 aliphatic carbocycles. The van der Waals surface area contributed by atoms with Crippen molar-refractivity contribution in [2.45, 2.75) is 33.7 Å². The van der Waals surface area contributed by atoms with E-state index in [9.17, 15) is 4.79 Å². The molecule has 0 radical (unpaired) electrons. The Bertz CT molecular complexity index is 652. The number of hydrogen-bond donors (Lipinski definition) is 3. The van der Waals surface area contributed by atoms with Gasteiger partial charge in [-0.3, -0.25) is 5.32 Å². The molecule has 0 saturated carbocycles. The highest BCUT2D eigenvalue weighted by molar-refractivity contribution is 5.88. The molecule has 1 aromatic heterocycles. The Morgan fingerprint density at radius 1 is 1.05 bits per heavy atom. The molecule has 1 heterocycles. The fraction of sp³-hybridized carbons (Fsp3) is 0.312. The van der Waals surface area contributed by atoms with Crippen LogP contribution >= 0.6 is 0 Å². The second kappa shape index (κ2) is 6.89. The second-order valence-electron chi connectivity index (χ2n) is 5.43. The molecule has 0 aliphatic heterocycles. The molecule has 0 bridgehead atoms. The highest BCUT2D eigenvalue weighted by Crippen LogP contribution is 2.21. The Morgan fingerprint density at radius 2 is 1.73 bits per heavy atom. The molecule has 0 saturated heterocycles. The van der Waals surface area contributed by atoms with Gasteiger partial charge in [0.05, 0.1) is 0 Å². The van der Waals surface area contributed by atoms with Gasteiger partial charge in [0.25, 0.3) is 0 Å². The molecule has 6 heteroatoms. The molecular formula is C16H21N5O. The van der Waals surface area contributed by atoms with E-state index in [1.165, 1.54) is 11.1 Å². The Morgan fingerprint density at radius 3 is 2.36 bits per heavy atom. The first-order valence-electron chi connectivity index (χ1n) is 7.20. The summed E-state index contributed by atoms with van der Waals surface area (Å²) in [6.07, 6.45) is 0. The van der Waals surface area contributed by atoms with Crippen LogP contribution in [0.2, 0.25) is 0 Å². The monoisotopic (exact) mass is 299 g/mol. The number of amides is 2. The minimum Gasteiger partial charge on any atom is -0.339 e. The highest BCUT2D eigenvalue weighted by Gasteiger charge is 2.06. The second-order valence-corrected chi connectivity index (χ2v) is 5.43. The summed E-state index contributed by atoms with van der Waals surface area (Å²) < 4.78 is 0. The van der Waals surface area contributed by atoms with Crippen LogP contribution in [0.25, 0.3) is 0 Å². The predicted molar refractivity (Wildman–Crippen MR) is 88.5 cm³/mol. The first-order chi connectivity index (χ1) is 10.5. The van der Waals surface area contributed by atoms with Gasteiger partial charge in [-0.15, -0.1) is 10.2 Å². The standard InChI is InChI=1S/C16H21N5O/c1-10(2)17-16(22)19-15-9-8-14(20-21-15)18-13-7-5-6-11(3)12(13)4/h5-10H,1-4H3,(H,18,20)(H2,17,19,21,22). The van der Waals surface area contributed by atoms with Crippen molar-refractivity contribution >= 4 is 23.4 Å². The lowest BCUT2D eigenvalue weighted by molar-refractivity contribution is 0.250. The van der Waals surface area contributed by atoms with Crippen LogP contribution < -0.4 is 16.0 Å². The predicted octanol–water partition coefficient (Wildman–Crippen LogP) is 3.37. The Kier molecular flexibility index (Phi) is 4.93. The molecular weight excluding hydrogens is 278 g/mol. The van der Waals surface area contributed by atoms with Crippen LogP contribution in [-0.2, 0) is 0 Å². The van der Waals surface area contributed by atoms with Crippen molar-refractivity contribution in [3.05, 3.63) is 41.5 Å². The minimum absolute atomic E-state index is 0.0678. The van der Waals surface area contributed by atoms with Crippen molar-refractivity contribution in [3.63, 3.8) is 0 Å². The number of carbonyl (C=O) groups is 1. The van der Waals surface area contributed by atoms with Gasteiger partial charge in [0.15, 0.2) is 11.6 Å². The number of hydrogen-bond acceptors (Lipinski definition) is 4. The zero-order valence-corrected chi connectivity index (χ0v) is 13.3. The van der Waals surface area contributed by atoms with Crippen molar-refractivity contribution in [3.8, 4) is 0 Å². The molecule has 0 aliphatic rings. The lowest BCUT2D eigenvalue weighted by Gasteiger charge is -2.11. The van der Waals surface area contributed by atoms with Gasteiger partial charge in [0, 0.05) is 11.7 Å². The number of benzene rings is 1. The first-order valence-corrected chi connectivity index (χ1v) is 7.20. The summed E-state index contributed by atoms with van der Waals surface area (Å²) in [6, 6.07) is 9.31. The van der Waals surface area contributed by atoms with E-state index in [1.54, 1.807) is 12.1 Å². The number of nitrogens with zero attached hydrogens (tertiary/aromatic N) is 2. The van der Waals surface area contributed by atoms with Crippen molar-refractivity contribution in [2.24, 2.45) is 0 Å². The lowest BCUT2D eigenvalue weighted by Crippen LogP contribution is -2.34. The van der Waals surface area contributed by atoms with Crippen molar-refractivity contribution in [1.82, 2.24) is 15.5 Å². The fourth-order valence-corrected chi connectivity index (χ4v) is 1.90. The highest BCUT2D eigenvalue weighted by atomic mass is 16.2. The smallest absolute Gasteiger partial charge is 0.320 e. The number of aryl methyl sites for hydroxylation is 1. The van der Waals surface area contributed by atoms with E-state index in [4.69, 9.17) is 0 Å². The third-order valence-electron chi connectivity index (χ3n) is 3.19. The minimum atomic E-state index is -0.292. The largest absolute Gasteiger partial charge is 0.339 e. The Balaban J connectivity index is 2.03. The van der Waals surface area contributed by atoms with Gasteiger partial charge in [-0.2, -0.15) is 0 Å². The molecule has 0 unspecified atom stereocenters. The molecule has 2 aromatic rings. The van der Waals surface area contributed by atoms with Crippen molar-refractivity contribution < 1.29 is 4.79 Å². The summed E-state index contributed by atoms with van der Waals surface area (Å²) in [5, 5.41) is 16.6. The van der Waals surface area contributed by atoms with Crippen LogP contribution in [0.15, 0.2) is 30.3 Å². The summed E-state index contributed by atoms with van der Waals surface area (Å²) >= 11 is 0. The number of nitrogens with one attached hydrogen (secondary N) is 3. The zero-order valence-electron chi connectivity index (χ0n) is 13.3. The molecule has 2 rings (SSSR count). The van der Waals surface area contributed by atoms with E-state index in [2.05, 4.69) is 46.1 Å². The average Bonchev–Trinajstić information content (AvgIpc) is 2.45. The molecule has 0 fully saturated rings. The van der Waals surface area contributed by atoms with Crippen LogP contribution in [0.5, 0.6) is 0 Å². The maximum atomic E-state index is 11.6. The van der Waals surface area contributed by atoms with E-state index in [0.29, 0.717) is 11.6 Å². The normalized spacial score (nSPS) is 10.4. The van der Waals surface area contributed by atoms with Gasteiger partial charge in [-0.25, -0.2) is 4.79 Å². The Hall–Kier alpha value is -2.63. The molecule has 2 amide bonds. The molecule has 116 valence electrons. The quantitative estimate of drug-likeness (QED) is 0.808. The van der Waals surface area contributed by atoms with E-state index < -0.39 is 0 Å². The maximum Gasteiger partial charge on any atom is 0.320 e. The van der Waals surface area contributed by atoms with E-state index in [-0.39, 0.29) is 12.1 Å². The molecule has 22 heavy (non-hydrogen) atoms. The van der Waals surface area contributed by atoms with Crippen LogP contribution in [-0.4, -0.2) is 22.3 Å². The van der Waals surface area contributed by atoms with Gasteiger partial charge in [-0.1, -0.05) is 12.1 Å². The van der Waals surface area contributed by atoms with Gasteiger partial charge < -0.3 is 10.6 Å². The molecule has 0 atom stereocenters. The van der Waals surface area contributed by atoms with Gasteiger partial charge in [0.1, 0.15) is 0 Å². The van der Waals surface area contributed by atoms with Gasteiger partial charge >= 0.3 is 6.03 Å². The first kappa shape index (κ1) is 15.8. The van der Waals surface area contributed by atoms with E-state index in [1.807, 2.05) is 26.0 Å².